The lowest BCUT2D eigenvalue weighted by Gasteiger charge is -2.20. The third kappa shape index (κ3) is 4.15. The molecule has 0 radical (unpaired) electrons. The minimum Gasteiger partial charge on any atom is -0.478 e. The molecule has 0 aliphatic heterocycles. The Balaban J connectivity index is 2.71. The molecule has 2 aromatic rings. The van der Waals surface area contributed by atoms with E-state index in [1.807, 2.05) is 0 Å². The van der Waals surface area contributed by atoms with Crippen molar-refractivity contribution in [3.63, 3.8) is 0 Å². The number of benzene rings is 1. The van der Waals surface area contributed by atoms with Crippen LogP contribution >= 0.6 is 11.6 Å². The number of carboxylic acid groups (broad SMARTS) is 1. The quantitative estimate of drug-likeness (QED) is 0.407. The highest BCUT2D eigenvalue weighted by molar-refractivity contribution is 6.33. The number of aliphatic carboxylic acids is 1. The van der Waals surface area contributed by atoms with Crippen LogP contribution in [0, 0.1) is 5.82 Å². The maximum absolute atomic E-state index is 14.4. The van der Waals surface area contributed by atoms with Gasteiger partial charge in [-0.15, -0.1) is 0 Å². The lowest BCUT2D eigenvalue weighted by atomic mass is 10.1. The molecule has 1 aromatic carbocycles. The molecular formula is C16H12ClF4N3O6. The number of esters is 1. The Morgan fingerprint density at radius 1 is 1.17 bits per heavy atom. The summed E-state index contributed by atoms with van der Waals surface area (Å²) >= 11 is 5.76. The predicted octanol–water partition coefficient (Wildman–Crippen LogP) is 1.54. The molecule has 1 heterocycles. The van der Waals surface area contributed by atoms with E-state index in [1.54, 1.807) is 0 Å². The third-order valence-electron chi connectivity index (χ3n) is 3.79. The minimum atomic E-state index is -5.15. The molecule has 1 aromatic heterocycles. The Hall–Kier alpha value is -3.35. The van der Waals surface area contributed by atoms with E-state index in [1.165, 1.54) is 0 Å². The molecule has 9 nitrogen and oxygen atoms in total. The van der Waals surface area contributed by atoms with Crippen molar-refractivity contribution in [3.8, 4) is 5.69 Å². The number of carbonyl (C=O) groups is 2. The lowest BCUT2D eigenvalue weighted by Crippen LogP contribution is -2.45. The average molecular weight is 454 g/mol. The van der Waals surface area contributed by atoms with Crippen LogP contribution in [0.15, 0.2) is 27.8 Å². The molecule has 0 fully saturated rings. The van der Waals surface area contributed by atoms with Crippen LogP contribution < -0.4 is 17.1 Å². The van der Waals surface area contributed by atoms with E-state index in [-0.39, 0.29) is 10.6 Å². The van der Waals surface area contributed by atoms with Gasteiger partial charge < -0.3 is 15.7 Å². The summed E-state index contributed by atoms with van der Waals surface area (Å²) in [6.45, 7) is 2.05. The zero-order valence-electron chi connectivity index (χ0n) is 15.1. The van der Waals surface area contributed by atoms with Gasteiger partial charge in [0.15, 0.2) is 5.69 Å². The SMILES string of the molecule is CC(C)(OC(=O)c1cc(-n2c(=O)cc(C(F)(F)F)n(N)c2=O)c(F)cc1Cl)C(=O)O. The van der Waals surface area contributed by atoms with Crippen LogP contribution in [0.5, 0.6) is 0 Å². The van der Waals surface area contributed by atoms with Crippen LogP contribution in [0.4, 0.5) is 17.6 Å². The molecule has 0 saturated carbocycles. The normalized spacial score (nSPS) is 12.0. The van der Waals surface area contributed by atoms with Crippen LogP contribution in [0.2, 0.25) is 5.02 Å². The van der Waals surface area contributed by atoms with Crippen LogP contribution in [0.3, 0.4) is 0 Å². The smallest absolute Gasteiger partial charge is 0.433 e. The van der Waals surface area contributed by atoms with E-state index >= 15 is 0 Å². The number of rotatable bonds is 4. The Morgan fingerprint density at radius 3 is 2.23 bits per heavy atom. The molecule has 162 valence electrons. The van der Waals surface area contributed by atoms with E-state index in [0.717, 1.165) is 13.8 Å². The second-order valence-electron chi connectivity index (χ2n) is 6.34. The molecule has 0 spiro atoms. The van der Waals surface area contributed by atoms with Crippen molar-refractivity contribution >= 4 is 23.5 Å². The molecule has 0 bridgehead atoms. The van der Waals surface area contributed by atoms with Gasteiger partial charge in [-0.25, -0.2) is 28.0 Å². The standard InChI is InChI=1S/C16H12ClF4N3O6/c1-15(2,13(27)28)30-12(26)6-3-9(8(18)4-7(6)17)23-11(25)5-10(16(19,20)21)24(22)14(23)29/h3-5H,22H2,1-2H3,(H,27,28). The highest BCUT2D eigenvalue weighted by Gasteiger charge is 2.36. The number of halogens is 5. The van der Waals surface area contributed by atoms with Gasteiger partial charge in [0.05, 0.1) is 16.3 Å². The van der Waals surface area contributed by atoms with Gasteiger partial charge in [-0.1, -0.05) is 11.6 Å². The monoisotopic (exact) mass is 453 g/mol. The topological polar surface area (TPSA) is 134 Å². The summed E-state index contributed by atoms with van der Waals surface area (Å²) in [6, 6.07) is 1.00. The molecule has 0 aliphatic carbocycles. The highest BCUT2D eigenvalue weighted by Crippen LogP contribution is 2.28. The first-order valence-electron chi connectivity index (χ1n) is 7.75. The van der Waals surface area contributed by atoms with Crippen molar-refractivity contribution in [1.82, 2.24) is 9.24 Å². The van der Waals surface area contributed by atoms with Gasteiger partial charge in [0.25, 0.3) is 5.56 Å². The van der Waals surface area contributed by atoms with E-state index in [9.17, 15) is 36.7 Å². The highest BCUT2D eigenvalue weighted by atomic mass is 35.5. The van der Waals surface area contributed by atoms with E-state index in [4.69, 9.17) is 27.3 Å². The third-order valence-corrected chi connectivity index (χ3v) is 4.10. The number of hydrogen-bond acceptors (Lipinski definition) is 6. The lowest BCUT2D eigenvalue weighted by molar-refractivity contribution is -0.155. The number of nitrogens with zero attached hydrogens (tertiary/aromatic N) is 2. The van der Waals surface area contributed by atoms with Crippen LogP contribution in [0.1, 0.15) is 29.9 Å². The van der Waals surface area contributed by atoms with Crippen LogP contribution in [0.25, 0.3) is 5.69 Å². The molecule has 2 rings (SSSR count). The molecule has 0 unspecified atom stereocenters. The number of aromatic nitrogens is 2. The Labute approximate surface area is 168 Å². The van der Waals surface area contributed by atoms with Crippen molar-refractivity contribution in [1.29, 1.82) is 0 Å². The fraction of sp³-hybridized carbons (Fsp3) is 0.250. The Kier molecular flexibility index (Phi) is 5.72. The van der Waals surface area contributed by atoms with Crippen molar-refractivity contribution in [3.05, 3.63) is 61.1 Å². The maximum atomic E-state index is 14.4. The number of carboxylic acids is 1. The predicted molar refractivity (Wildman–Crippen MR) is 93.5 cm³/mol. The number of nitrogens with two attached hydrogens (primary N) is 1. The number of ether oxygens (including phenoxy) is 1. The first kappa shape index (κ1) is 22.9. The second-order valence-corrected chi connectivity index (χ2v) is 6.75. The molecule has 0 amide bonds. The van der Waals surface area contributed by atoms with Crippen LogP contribution in [-0.4, -0.2) is 31.9 Å². The van der Waals surface area contributed by atoms with Gasteiger partial charge in [-0.2, -0.15) is 13.2 Å². The molecule has 0 aliphatic rings. The van der Waals surface area contributed by atoms with Gasteiger partial charge >= 0.3 is 23.8 Å². The first-order valence-corrected chi connectivity index (χ1v) is 8.13. The number of carbonyl (C=O) groups excluding carboxylic acids is 1. The van der Waals surface area contributed by atoms with Gasteiger partial charge in [0, 0.05) is 6.07 Å². The Morgan fingerprint density at radius 2 is 1.73 bits per heavy atom. The average Bonchev–Trinajstić information content (AvgIpc) is 2.58. The first-order chi connectivity index (χ1) is 13.6. The number of hydrogen-bond donors (Lipinski definition) is 2. The molecular weight excluding hydrogens is 442 g/mol. The van der Waals surface area contributed by atoms with Crippen molar-refractivity contribution in [2.24, 2.45) is 0 Å². The van der Waals surface area contributed by atoms with Crippen molar-refractivity contribution in [2.45, 2.75) is 25.6 Å². The molecule has 0 saturated heterocycles. The summed E-state index contributed by atoms with van der Waals surface area (Å²) < 4.78 is 57.3. The number of nitrogen functional groups attached to an aromatic ring is 1. The summed E-state index contributed by atoms with van der Waals surface area (Å²) in [7, 11) is 0. The fourth-order valence-corrected chi connectivity index (χ4v) is 2.42. The van der Waals surface area contributed by atoms with Crippen molar-refractivity contribution < 1.29 is 37.0 Å². The van der Waals surface area contributed by atoms with Crippen LogP contribution in [-0.2, 0) is 15.7 Å². The summed E-state index contributed by atoms with van der Waals surface area (Å²) in [6.07, 6.45) is -5.15. The minimum absolute atomic E-state index is 0.0407. The van der Waals surface area contributed by atoms with Gasteiger partial charge in [-0.3, -0.25) is 4.79 Å². The molecule has 14 heteroatoms. The summed E-state index contributed by atoms with van der Waals surface area (Å²) in [5.41, 5.74) is -8.78. The number of alkyl halides is 3. The van der Waals surface area contributed by atoms with Gasteiger partial charge in [-0.05, 0) is 26.0 Å². The largest absolute Gasteiger partial charge is 0.478 e. The van der Waals surface area contributed by atoms with Gasteiger partial charge in [0.1, 0.15) is 5.82 Å². The summed E-state index contributed by atoms with van der Waals surface area (Å²) in [4.78, 5) is 47.7. The maximum Gasteiger partial charge on any atom is 0.433 e. The van der Waals surface area contributed by atoms with E-state index in [2.05, 4.69) is 0 Å². The van der Waals surface area contributed by atoms with Crippen molar-refractivity contribution in [2.75, 3.05) is 5.84 Å². The Bertz CT molecular complexity index is 1170. The fourth-order valence-electron chi connectivity index (χ4n) is 2.19. The zero-order valence-corrected chi connectivity index (χ0v) is 15.8. The molecule has 30 heavy (non-hydrogen) atoms. The van der Waals surface area contributed by atoms with E-state index in [0.29, 0.717) is 12.1 Å². The second kappa shape index (κ2) is 7.48. The summed E-state index contributed by atoms with van der Waals surface area (Å²) in [5.74, 6) is 0.848. The molecule has 0 atom stereocenters. The summed E-state index contributed by atoms with van der Waals surface area (Å²) in [5, 5.41) is 8.44. The zero-order chi connectivity index (χ0) is 23.2. The van der Waals surface area contributed by atoms with E-state index < -0.39 is 67.4 Å². The van der Waals surface area contributed by atoms with Gasteiger partial charge in [0.2, 0.25) is 5.60 Å². The molecule has 3 N–H and O–H groups in total.